The highest BCUT2D eigenvalue weighted by Crippen LogP contribution is 2.00. The van der Waals surface area contributed by atoms with E-state index < -0.39 is 0 Å². The first-order valence-corrected chi connectivity index (χ1v) is 3.54. The van der Waals surface area contributed by atoms with Crippen molar-refractivity contribution in [3.05, 3.63) is 5.70 Å². The van der Waals surface area contributed by atoms with E-state index in [-0.39, 0.29) is 6.04 Å². The van der Waals surface area contributed by atoms with Gasteiger partial charge in [0.05, 0.1) is 6.04 Å². The van der Waals surface area contributed by atoms with E-state index in [1.807, 2.05) is 0 Å². The Morgan fingerprint density at radius 2 is 2.45 bits per heavy atom. The van der Waals surface area contributed by atoms with Crippen molar-refractivity contribution in [2.75, 3.05) is 13.1 Å². The highest BCUT2D eigenvalue weighted by molar-refractivity contribution is 5.59. The molecule has 1 fully saturated rings. The Labute approximate surface area is 64.7 Å². The van der Waals surface area contributed by atoms with E-state index in [4.69, 9.17) is 0 Å². The first-order valence-electron chi connectivity index (χ1n) is 3.54. The molecular formula is C7H10N2O2. The van der Waals surface area contributed by atoms with Gasteiger partial charge in [0.2, 0.25) is 0 Å². The van der Waals surface area contributed by atoms with Crippen molar-refractivity contribution in [2.45, 2.75) is 12.5 Å². The van der Waals surface area contributed by atoms with Gasteiger partial charge in [0.15, 0.2) is 0 Å². The maximum absolute atomic E-state index is 10.3. The normalized spacial score (nSPS) is 23.6. The lowest BCUT2D eigenvalue weighted by molar-refractivity contribution is -0.108. The van der Waals surface area contributed by atoms with Gasteiger partial charge in [-0.25, -0.2) is 4.79 Å². The van der Waals surface area contributed by atoms with Gasteiger partial charge in [-0.1, -0.05) is 0 Å². The van der Waals surface area contributed by atoms with Crippen molar-refractivity contribution in [1.82, 2.24) is 10.6 Å². The lowest BCUT2D eigenvalue weighted by Crippen LogP contribution is -2.46. The van der Waals surface area contributed by atoms with Gasteiger partial charge in [-0.05, 0) is 0 Å². The number of carbonyl (C=O) groups is 1. The van der Waals surface area contributed by atoms with E-state index in [1.54, 1.807) is 5.94 Å². The fourth-order valence-corrected chi connectivity index (χ4v) is 1.07. The summed E-state index contributed by atoms with van der Waals surface area (Å²) in [5, 5.41) is 5.90. The van der Waals surface area contributed by atoms with Crippen molar-refractivity contribution >= 4 is 12.2 Å². The van der Waals surface area contributed by atoms with Crippen LogP contribution in [0, 0.1) is 0 Å². The monoisotopic (exact) mass is 154 g/mol. The van der Waals surface area contributed by atoms with E-state index in [0.29, 0.717) is 12.1 Å². The highest BCUT2D eigenvalue weighted by Gasteiger charge is 2.17. The fourth-order valence-electron chi connectivity index (χ4n) is 1.07. The molecule has 0 bridgehead atoms. The molecule has 0 radical (unpaired) electrons. The number of nitrogens with one attached hydrogen (secondary N) is 2. The fraction of sp³-hybridized carbons (Fsp3) is 0.571. The summed E-state index contributed by atoms with van der Waals surface area (Å²) >= 11 is 0. The largest absolute Gasteiger partial charge is 0.377 e. The molecule has 11 heavy (non-hydrogen) atoms. The summed E-state index contributed by atoms with van der Waals surface area (Å²) in [6.45, 7) is 1.50. The maximum atomic E-state index is 10.3. The molecule has 4 heteroatoms. The summed E-state index contributed by atoms with van der Waals surface area (Å²) in [6, 6.07) is -0.154. The minimum absolute atomic E-state index is 0.154. The molecule has 0 aromatic rings. The Balaban J connectivity index is 2.58. The summed E-state index contributed by atoms with van der Waals surface area (Å²) in [7, 11) is 0. The molecule has 0 spiro atoms. The van der Waals surface area contributed by atoms with Gasteiger partial charge in [0.25, 0.3) is 0 Å². The van der Waals surface area contributed by atoms with E-state index in [9.17, 15) is 9.59 Å². The molecule has 4 nitrogen and oxygen atoms in total. The molecule has 60 valence electrons. The predicted octanol–water partition coefficient (Wildman–Crippen LogP) is -1.15. The van der Waals surface area contributed by atoms with Crippen LogP contribution in [-0.2, 0) is 9.59 Å². The Kier molecular flexibility index (Phi) is 2.83. The number of hydrogen-bond acceptors (Lipinski definition) is 4. The van der Waals surface area contributed by atoms with Crippen LogP contribution in [0.15, 0.2) is 5.70 Å². The molecule has 1 heterocycles. The Hall–Kier alpha value is -1.12. The third kappa shape index (κ3) is 1.90. The molecule has 1 aliphatic rings. The molecular weight excluding hydrogens is 144 g/mol. The zero-order valence-corrected chi connectivity index (χ0v) is 6.09. The van der Waals surface area contributed by atoms with Crippen molar-refractivity contribution in [3.63, 3.8) is 0 Å². The minimum atomic E-state index is -0.154. The van der Waals surface area contributed by atoms with E-state index >= 15 is 0 Å². The summed E-state index contributed by atoms with van der Waals surface area (Å²) in [6.07, 6.45) is 1.12. The zero-order valence-electron chi connectivity index (χ0n) is 6.09. The van der Waals surface area contributed by atoms with Gasteiger partial charge in [-0.2, -0.15) is 0 Å². The second-order valence-electron chi connectivity index (χ2n) is 2.35. The summed E-state index contributed by atoms with van der Waals surface area (Å²) < 4.78 is 0. The molecule has 0 aromatic heterocycles. The average molecular weight is 154 g/mol. The smallest absolute Gasteiger partial charge is 0.147 e. The van der Waals surface area contributed by atoms with Crippen LogP contribution in [-0.4, -0.2) is 31.4 Å². The predicted molar refractivity (Wildman–Crippen MR) is 39.7 cm³/mol. The van der Waals surface area contributed by atoms with Gasteiger partial charge in [-0.3, -0.25) is 0 Å². The van der Waals surface area contributed by atoms with Crippen LogP contribution in [0.5, 0.6) is 0 Å². The third-order valence-electron chi connectivity index (χ3n) is 1.62. The summed E-state index contributed by atoms with van der Waals surface area (Å²) in [4.78, 5) is 20.4. The van der Waals surface area contributed by atoms with Crippen LogP contribution in [0.4, 0.5) is 0 Å². The summed E-state index contributed by atoms with van der Waals surface area (Å²) in [5.74, 6) is 1.77. The molecule has 1 atom stereocenters. The SMILES string of the molecule is O=C=C1NCCNC1CC=O. The van der Waals surface area contributed by atoms with Crippen LogP contribution in [0.2, 0.25) is 0 Å². The van der Waals surface area contributed by atoms with Crippen molar-refractivity contribution in [1.29, 1.82) is 0 Å². The Morgan fingerprint density at radius 3 is 3.09 bits per heavy atom. The average Bonchev–Trinajstić information content (AvgIpc) is 2.06. The summed E-state index contributed by atoms with van der Waals surface area (Å²) in [5.41, 5.74) is 0.461. The van der Waals surface area contributed by atoms with Gasteiger partial charge in [0.1, 0.15) is 17.9 Å². The highest BCUT2D eigenvalue weighted by atomic mass is 16.1. The van der Waals surface area contributed by atoms with Gasteiger partial charge in [0, 0.05) is 19.5 Å². The Bertz CT molecular complexity index is 197. The second kappa shape index (κ2) is 3.91. The molecule has 1 saturated heterocycles. The lowest BCUT2D eigenvalue weighted by Gasteiger charge is -2.23. The van der Waals surface area contributed by atoms with Gasteiger partial charge < -0.3 is 15.4 Å². The van der Waals surface area contributed by atoms with Crippen molar-refractivity contribution in [3.8, 4) is 0 Å². The van der Waals surface area contributed by atoms with Crippen LogP contribution in [0.3, 0.4) is 0 Å². The zero-order chi connectivity index (χ0) is 8.10. The number of hydrogen-bond donors (Lipinski definition) is 2. The quantitative estimate of drug-likeness (QED) is 0.389. The van der Waals surface area contributed by atoms with Crippen LogP contribution in [0.25, 0.3) is 0 Å². The topological polar surface area (TPSA) is 58.2 Å². The van der Waals surface area contributed by atoms with Crippen LogP contribution >= 0.6 is 0 Å². The molecule has 1 unspecified atom stereocenters. The van der Waals surface area contributed by atoms with Crippen LogP contribution < -0.4 is 10.6 Å². The van der Waals surface area contributed by atoms with Crippen LogP contribution in [0.1, 0.15) is 6.42 Å². The molecule has 1 rings (SSSR count). The molecule has 0 amide bonds. The van der Waals surface area contributed by atoms with E-state index in [1.165, 1.54) is 0 Å². The lowest BCUT2D eigenvalue weighted by atomic mass is 10.1. The van der Waals surface area contributed by atoms with Crippen molar-refractivity contribution < 1.29 is 9.59 Å². The van der Waals surface area contributed by atoms with Gasteiger partial charge in [-0.15, -0.1) is 0 Å². The first kappa shape index (κ1) is 7.98. The molecule has 0 aliphatic carbocycles. The van der Waals surface area contributed by atoms with E-state index in [2.05, 4.69) is 10.6 Å². The minimum Gasteiger partial charge on any atom is -0.377 e. The third-order valence-corrected chi connectivity index (χ3v) is 1.62. The van der Waals surface area contributed by atoms with Crippen molar-refractivity contribution in [2.24, 2.45) is 0 Å². The van der Waals surface area contributed by atoms with E-state index in [0.717, 1.165) is 19.4 Å². The molecule has 0 saturated carbocycles. The number of piperazine rings is 1. The Morgan fingerprint density at radius 1 is 1.64 bits per heavy atom. The number of rotatable bonds is 2. The first-order chi connectivity index (χ1) is 5.38. The molecule has 2 N–H and O–H groups in total. The van der Waals surface area contributed by atoms with Gasteiger partial charge >= 0.3 is 0 Å². The number of carbonyl (C=O) groups excluding carboxylic acids is 2. The molecule has 0 aromatic carbocycles. The maximum Gasteiger partial charge on any atom is 0.147 e. The second-order valence-corrected chi connectivity index (χ2v) is 2.35. The molecule has 1 aliphatic heterocycles. The standard InChI is InChI=1S/C7H10N2O2/c10-4-1-6-7(5-11)9-3-2-8-6/h4,6,8-9H,1-3H2. The number of aldehydes is 1.